The second-order valence-electron chi connectivity index (χ2n) is 5.68. The Balaban J connectivity index is 1.70. The number of hydrogen-bond acceptors (Lipinski definition) is 4. The van der Waals surface area contributed by atoms with Crippen molar-refractivity contribution in [2.24, 2.45) is 4.99 Å². The predicted octanol–water partition coefficient (Wildman–Crippen LogP) is 4.32. The fourth-order valence-electron chi connectivity index (χ4n) is 2.54. The van der Waals surface area contributed by atoms with E-state index in [-0.39, 0.29) is 18.2 Å². The second-order valence-corrected chi connectivity index (χ2v) is 7.28. The Hall–Kier alpha value is -2.31. The minimum atomic E-state index is -0.468. The van der Waals surface area contributed by atoms with Gasteiger partial charge in [-0.3, -0.25) is 14.5 Å². The summed E-state index contributed by atoms with van der Waals surface area (Å²) in [7, 11) is 0. The summed E-state index contributed by atoms with van der Waals surface area (Å²) in [4.78, 5) is 31.0. The van der Waals surface area contributed by atoms with E-state index in [1.807, 2.05) is 37.3 Å². The normalized spacial score (nSPS) is 18.4. The molecule has 2 aromatic carbocycles. The third-order valence-electron chi connectivity index (χ3n) is 3.82. The van der Waals surface area contributed by atoms with Crippen molar-refractivity contribution in [2.75, 3.05) is 11.9 Å². The molecule has 0 unspecified atom stereocenters. The topological polar surface area (TPSA) is 61.8 Å². The van der Waals surface area contributed by atoms with E-state index in [1.165, 1.54) is 11.8 Å². The zero-order valence-electron chi connectivity index (χ0n) is 14.2. The van der Waals surface area contributed by atoms with E-state index in [9.17, 15) is 9.59 Å². The lowest BCUT2D eigenvalue weighted by molar-refractivity contribution is -0.128. The molecule has 1 aliphatic heterocycles. The van der Waals surface area contributed by atoms with Gasteiger partial charge in [0, 0.05) is 23.7 Å². The number of carbonyl (C=O) groups excluding carboxylic acids is 2. The number of nitrogens with zero attached hydrogens (tertiary/aromatic N) is 2. The average Bonchev–Trinajstić information content (AvgIpc) is 2.92. The molecule has 0 spiro atoms. The van der Waals surface area contributed by atoms with Gasteiger partial charge in [0.2, 0.25) is 11.8 Å². The van der Waals surface area contributed by atoms with Crippen molar-refractivity contribution < 1.29 is 9.59 Å². The third kappa shape index (κ3) is 4.45. The van der Waals surface area contributed by atoms with E-state index in [2.05, 4.69) is 10.3 Å². The standard InChI is InChI=1S/C19H18ClN3O2S/c1-2-23-18(25)16(12-17(24)21-14-6-4-3-5-7-14)26-19(23)22-15-10-8-13(20)9-11-15/h3-11,16H,2,12H2,1H3,(H,21,24)/t16-/m0/s1. The van der Waals surface area contributed by atoms with E-state index in [0.29, 0.717) is 16.7 Å². The molecule has 0 radical (unpaired) electrons. The van der Waals surface area contributed by atoms with Gasteiger partial charge in [-0.05, 0) is 43.3 Å². The summed E-state index contributed by atoms with van der Waals surface area (Å²) in [5, 5.41) is 3.59. The number of rotatable bonds is 5. The number of amidine groups is 1. The van der Waals surface area contributed by atoms with Crippen molar-refractivity contribution in [3.05, 3.63) is 59.6 Å². The first-order chi connectivity index (χ1) is 12.6. The second kappa shape index (κ2) is 8.38. The van der Waals surface area contributed by atoms with Gasteiger partial charge in [0.15, 0.2) is 5.17 Å². The molecule has 0 saturated carbocycles. The SMILES string of the molecule is CCN1C(=O)[C@H](CC(=O)Nc2ccccc2)SC1=Nc1ccc(Cl)cc1. The Morgan fingerprint density at radius 1 is 1.19 bits per heavy atom. The fourth-order valence-corrected chi connectivity index (χ4v) is 3.89. The maximum atomic E-state index is 12.6. The Morgan fingerprint density at radius 2 is 1.88 bits per heavy atom. The molecule has 0 aromatic heterocycles. The van der Waals surface area contributed by atoms with Gasteiger partial charge in [0.05, 0.1) is 5.69 Å². The number of carbonyl (C=O) groups is 2. The maximum Gasteiger partial charge on any atom is 0.242 e. The summed E-state index contributed by atoms with van der Waals surface area (Å²) in [6.07, 6.45) is 0.106. The van der Waals surface area contributed by atoms with Crippen molar-refractivity contribution in [3.63, 3.8) is 0 Å². The molecule has 3 rings (SSSR count). The Morgan fingerprint density at radius 3 is 2.54 bits per heavy atom. The lowest BCUT2D eigenvalue weighted by atomic mass is 10.2. The number of nitrogens with one attached hydrogen (secondary N) is 1. The van der Waals surface area contributed by atoms with Gasteiger partial charge in [-0.2, -0.15) is 0 Å². The van der Waals surface area contributed by atoms with Crippen molar-refractivity contribution in [1.82, 2.24) is 4.90 Å². The van der Waals surface area contributed by atoms with Crippen LogP contribution in [-0.4, -0.2) is 33.7 Å². The molecule has 7 heteroatoms. The number of para-hydroxylation sites is 1. The first kappa shape index (κ1) is 18.5. The van der Waals surface area contributed by atoms with Crippen LogP contribution in [0.25, 0.3) is 0 Å². The molecule has 0 bridgehead atoms. The van der Waals surface area contributed by atoms with Gasteiger partial charge in [-0.25, -0.2) is 4.99 Å². The first-order valence-electron chi connectivity index (χ1n) is 8.24. The van der Waals surface area contributed by atoms with E-state index in [0.717, 1.165) is 11.4 Å². The van der Waals surface area contributed by atoms with Crippen LogP contribution in [0.2, 0.25) is 5.02 Å². The van der Waals surface area contributed by atoms with E-state index in [1.54, 1.807) is 29.2 Å². The Labute approximate surface area is 161 Å². The minimum Gasteiger partial charge on any atom is -0.326 e. The van der Waals surface area contributed by atoms with Crippen LogP contribution in [0, 0.1) is 0 Å². The maximum absolute atomic E-state index is 12.6. The monoisotopic (exact) mass is 387 g/mol. The van der Waals surface area contributed by atoms with Crippen molar-refractivity contribution in [2.45, 2.75) is 18.6 Å². The summed E-state index contributed by atoms with van der Waals surface area (Å²) in [6.45, 7) is 2.40. The summed E-state index contributed by atoms with van der Waals surface area (Å²) in [5.74, 6) is -0.278. The van der Waals surface area contributed by atoms with Crippen LogP contribution in [0.5, 0.6) is 0 Å². The highest BCUT2D eigenvalue weighted by atomic mass is 35.5. The molecular formula is C19H18ClN3O2S. The highest BCUT2D eigenvalue weighted by Gasteiger charge is 2.38. The van der Waals surface area contributed by atoms with Gasteiger partial charge < -0.3 is 5.32 Å². The van der Waals surface area contributed by atoms with Crippen LogP contribution in [-0.2, 0) is 9.59 Å². The Bertz CT molecular complexity index is 824. The lowest BCUT2D eigenvalue weighted by Gasteiger charge is -2.13. The molecule has 5 nitrogen and oxygen atoms in total. The highest BCUT2D eigenvalue weighted by Crippen LogP contribution is 2.31. The molecule has 2 aromatic rings. The molecule has 26 heavy (non-hydrogen) atoms. The number of thioether (sulfide) groups is 1. The smallest absolute Gasteiger partial charge is 0.242 e. The van der Waals surface area contributed by atoms with Gasteiger partial charge in [-0.1, -0.05) is 41.6 Å². The largest absolute Gasteiger partial charge is 0.326 e. The number of aliphatic imine (C=N–C) groups is 1. The van der Waals surface area contributed by atoms with E-state index >= 15 is 0 Å². The van der Waals surface area contributed by atoms with Crippen LogP contribution in [0.3, 0.4) is 0 Å². The van der Waals surface area contributed by atoms with Crippen LogP contribution in [0.4, 0.5) is 11.4 Å². The van der Waals surface area contributed by atoms with E-state index < -0.39 is 5.25 Å². The van der Waals surface area contributed by atoms with Crippen LogP contribution >= 0.6 is 23.4 Å². The summed E-state index contributed by atoms with van der Waals surface area (Å²) in [5.41, 5.74) is 1.44. The van der Waals surface area contributed by atoms with Crippen LogP contribution in [0.15, 0.2) is 59.6 Å². The predicted molar refractivity (Wildman–Crippen MR) is 107 cm³/mol. The van der Waals surface area contributed by atoms with Gasteiger partial charge in [-0.15, -0.1) is 0 Å². The minimum absolute atomic E-state index is 0.0894. The van der Waals surface area contributed by atoms with Crippen LogP contribution < -0.4 is 5.32 Å². The molecule has 1 atom stereocenters. The van der Waals surface area contributed by atoms with Crippen molar-refractivity contribution in [3.8, 4) is 0 Å². The summed E-state index contributed by atoms with van der Waals surface area (Å²) < 4.78 is 0. The molecule has 2 amide bonds. The van der Waals surface area contributed by atoms with E-state index in [4.69, 9.17) is 11.6 Å². The molecule has 1 N–H and O–H groups in total. The summed E-state index contributed by atoms with van der Waals surface area (Å²) in [6, 6.07) is 16.3. The van der Waals surface area contributed by atoms with Gasteiger partial charge in [0.25, 0.3) is 0 Å². The zero-order valence-corrected chi connectivity index (χ0v) is 15.8. The molecule has 1 fully saturated rings. The fraction of sp³-hybridized carbons (Fsp3) is 0.211. The summed E-state index contributed by atoms with van der Waals surface area (Å²) >= 11 is 7.21. The number of anilines is 1. The lowest BCUT2D eigenvalue weighted by Crippen LogP contribution is -2.33. The third-order valence-corrected chi connectivity index (χ3v) is 5.24. The Kier molecular flexibility index (Phi) is 5.96. The molecular weight excluding hydrogens is 370 g/mol. The zero-order chi connectivity index (χ0) is 18.5. The highest BCUT2D eigenvalue weighted by molar-refractivity contribution is 8.15. The molecule has 1 saturated heterocycles. The van der Waals surface area contributed by atoms with Gasteiger partial charge in [0.1, 0.15) is 5.25 Å². The number of benzene rings is 2. The molecule has 1 aliphatic rings. The first-order valence-corrected chi connectivity index (χ1v) is 9.49. The van der Waals surface area contributed by atoms with Crippen molar-refractivity contribution in [1.29, 1.82) is 0 Å². The molecule has 0 aliphatic carbocycles. The van der Waals surface area contributed by atoms with Crippen LogP contribution in [0.1, 0.15) is 13.3 Å². The molecule has 1 heterocycles. The molecule has 134 valence electrons. The average molecular weight is 388 g/mol. The quantitative estimate of drug-likeness (QED) is 0.831. The number of amides is 2. The number of hydrogen-bond donors (Lipinski definition) is 1. The van der Waals surface area contributed by atoms with Crippen molar-refractivity contribution >= 4 is 51.7 Å². The van der Waals surface area contributed by atoms with Gasteiger partial charge >= 0.3 is 0 Å². The number of halogens is 1.